The monoisotopic (exact) mass is 292 g/mol. The third kappa shape index (κ3) is 3.36. The van der Waals surface area contributed by atoms with Crippen LogP contribution in [0.3, 0.4) is 0 Å². The predicted molar refractivity (Wildman–Crippen MR) is 85.8 cm³/mol. The van der Waals surface area contributed by atoms with Crippen molar-refractivity contribution in [3.8, 4) is 0 Å². The van der Waals surface area contributed by atoms with E-state index in [-0.39, 0.29) is 5.91 Å². The summed E-state index contributed by atoms with van der Waals surface area (Å²) in [4.78, 5) is 11.6. The van der Waals surface area contributed by atoms with Gasteiger partial charge in [0.05, 0.1) is 5.54 Å². The smallest absolute Gasteiger partial charge is 0.237 e. The van der Waals surface area contributed by atoms with E-state index in [1.165, 1.54) is 16.7 Å². The van der Waals surface area contributed by atoms with Crippen LogP contribution in [0.4, 0.5) is 0 Å². The molecule has 1 fully saturated rings. The molecule has 3 N–H and O–H groups in total. The molecule has 0 bridgehead atoms. The summed E-state index contributed by atoms with van der Waals surface area (Å²) in [6, 6.07) is 6.69. The average molecular weight is 292 g/mol. The molecule has 0 aromatic heterocycles. The number of hydrogen-bond acceptors (Lipinski definition) is 3. The van der Waals surface area contributed by atoms with Gasteiger partial charge in [0.2, 0.25) is 5.91 Å². The molecule has 2 atom stereocenters. The minimum atomic E-state index is -0.486. The maximum atomic E-state index is 11.6. The molecule has 0 heterocycles. The fraction of sp³-hybridized carbons (Fsp3) is 0.562. The zero-order valence-corrected chi connectivity index (χ0v) is 13.3. The second kappa shape index (κ2) is 6.19. The molecule has 1 saturated carbocycles. The van der Waals surface area contributed by atoms with Crippen molar-refractivity contribution in [2.45, 2.75) is 49.7 Å². The van der Waals surface area contributed by atoms with Gasteiger partial charge in [0.25, 0.3) is 0 Å². The van der Waals surface area contributed by atoms with Crippen molar-refractivity contribution in [2.24, 2.45) is 5.73 Å². The van der Waals surface area contributed by atoms with Crippen LogP contribution in [0.25, 0.3) is 0 Å². The number of primary amides is 1. The highest BCUT2D eigenvalue weighted by Gasteiger charge is 2.42. The van der Waals surface area contributed by atoms with E-state index in [0.717, 1.165) is 25.0 Å². The van der Waals surface area contributed by atoms with Gasteiger partial charge in [0.1, 0.15) is 0 Å². The maximum Gasteiger partial charge on any atom is 0.237 e. The summed E-state index contributed by atoms with van der Waals surface area (Å²) in [6.45, 7) is 4.27. The molecule has 2 unspecified atom stereocenters. The first kappa shape index (κ1) is 15.4. The van der Waals surface area contributed by atoms with Crippen molar-refractivity contribution in [3.63, 3.8) is 0 Å². The Morgan fingerprint density at radius 2 is 2.05 bits per heavy atom. The second-order valence-electron chi connectivity index (χ2n) is 5.87. The largest absolute Gasteiger partial charge is 0.368 e. The van der Waals surface area contributed by atoms with Gasteiger partial charge in [-0.2, -0.15) is 11.8 Å². The van der Waals surface area contributed by atoms with E-state index in [1.54, 1.807) is 0 Å². The molecule has 0 radical (unpaired) electrons. The van der Waals surface area contributed by atoms with Gasteiger partial charge in [-0.15, -0.1) is 0 Å². The number of rotatable bonds is 5. The number of aryl methyl sites for hydroxylation is 2. The first-order chi connectivity index (χ1) is 9.45. The van der Waals surface area contributed by atoms with E-state index < -0.39 is 5.54 Å². The standard InChI is InChI=1S/C16H24N2OS/c1-11-6-12(2)8-13(7-11)10-20-14-4-5-16(9-14,18-3)15(17)19/h6-8,14,18H,4-5,9-10H2,1-3H3,(H2,17,19). The Bertz CT molecular complexity index is 483. The van der Waals surface area contributed by atoms with E-state index in [9.17, 15) is 4.79 Å². The van der Waals surface area contributed by atoms with E-state index in [2.05, 4.69) is 37.4 Å². The van der Waals surface area contributed by atoms with E-state index >= 15 is 0 Å². The lowest BCUT2D eigenvalue weighted by Crippen LogP contribution is -2.52. The van der Waals surface area contributed by atoms with Crippen LogP contribution < -0.4 is 11.1 Å². The number of thioether (sulfide) groups is 1. The van der Waals surface area contributed by atoms with Crippen LogP contribution in [0.2, 0.25) is 0 Å². The van der Waals surface area contributed by atoms with Crippen molar-refractivity contribution in [2.75, 3.05) is 7.05 Å². The van der Waals surface area contributed by atoms with Crippen molar-refractivity contribution in [1.82, 2.24) is 5.32 Å². The van der Waals surface area contributed by atoms with Crippen LogP contribution in [0.15, 0.2) is 18.2 Å². The van der Waals surface area contributed by atoms with Gasteiger partial charge in [-0.3, -0.25) is 4.79 Å². The lowest BCUT2D eigenvalue weighted by Gasteiger charge is -2.24. The number of benzene rings is 1. The van der Waals surface area contributed by atoms with E-state index in [1.807, 2.05) is 18.8 Å². The van der Waals surface area contributed by atoms with Crippen LogP contribution >= 0.6 is 11.8 Å². The Morgan fingerprint density at radius 3 is 2.55 bits per heavy atom. The Kier molecular flexibility index (Phi) is 4.76. The molecule has 1 amide bonds. The highest BCUT2D eigenvalue weighted by atomic mass is 32.2. The van der Waals surface area contributed by atoms with Gasteiger partial charge in [0.15, 0.2) is 0 Å². The summed E-state index contributed by atoms with van der Waals surface area (Å²) >= 11 is 1.94. The van der Waals surface area contributed by atoms with Crippen LogP contribution in [0, 0.1) is 13.8 Å². The van der Waals surface area contributed by atoms with Crippen LogP contribution in [-0.2, 0) is 10.5 Å². The number of hydrogen-bond donors (Lipinski definition) is 2. The molecule has 1 aliphatic carbocycles. The molecule has 4 heteroatoms. The predicted octanol–water partition coefficient (Wildman–Crippen LogP) is 2.53. The molecule has 110 valence electrons. The summed E-state index contributed by atoms with van der Waals surface area (Å²) in [5.74, 6) is 0.792. The topological polar surface area (TPSA) is 55.1 Å². The third-order valence-corrected chi connectivity index (χ3v) is 5.56. The average Bonchev–Trinajstić information content (AvgIpc) is 2.80. The Hall–Kier alpha value is -1.00. The van der Waals surface area contributed by atoms with Gasteiger partial charge in [-0.1, -0.05) is 29.3 Å². The fourth-order valence-electron chi connectivity index (χ4n) is 3.08. The Balaban J connectivity index is 1.94. The first-order valence-electron chi connectivity index (χ1n) is 7.13. The summed E-state index contributed by atoms with van der Waals surface area (Å²) in [5.41, 5.74) is 9.05. The SMILES string of the molecule is CNC1(C(N)=O)CCC(SCc2cc(C)cc(C)c2)C1. The molecule has 0 spiro atoms. The second-order valence-corrected chi connectivity index (χ2v) is 7.16. The van der Waals surface area contributed by atoms with Gasteiger partial charge in [0, 0.05) is 11.0 Å². The number of carbonyl (C=O) groups is 1. The minimum absolute atomic E-state index is 0.213. The lowest BCUT2D eigenvalue weighted by atomic mass is 9.97. The molecule has 1 aliphatic rings. The van der Waals surface area contributed by atoms with Crippen LogP contribution in [-0.4, -0.2) is 23.7 Å². The van der Waals surface area contributed by atoms with Gasteiger partial charge < -0.3 is 11.1 Å². The number of nitrogens with one attached hydrogen (secondary N) is 1. The zero-order chi connectivity index (χ0) is 14.8. The quantitative estimate of drug-likeness (QED) is 0.877. The Morgan fingerprint density at radius 1 is 1.40 bits per heavy atom. The maximum absolute atomic E-state index is 11.6. The van der Waals surface area contributed by atoms with E-state index in [4.69, 9.17) is 5.73 Å². The Labute approximate surface area is 125 Å². The molecule has 2 rings (SSSR count). The molecule has 1 aromatic rings. The molecule has 0 aliphatic heterocycles. The molecule has 20 heavy (non-hydrogen) atoms. The zero-order valence-electron chi connectivity index (χ0n) is 12.5. The highest BCUT2D eigenvalue weighted by Crippen LogP contribution is 2.38. The van der Waals surface area contributed by atoms with Gasteiger partial charge in [-0.05, 0) is 45.7 Å². The number of carbonyl (C=O) groups excluding carboxylic acids is 1. The highest BCUT2D eigenvalue weighted by molar-refractivity contribution is 7.99. The minimum Gasteiger partial charge on any atom is -0.368 e. The van der Waals surface area contributed by atoms with Crippen molar-refractivity contribution in [3.05, 3.63) is 34.9 Å². The summed E-state index contributed by atoms with van der Waals surface area (Å²) in [7, 11) is 1.84. The molecular weight excluding hydrogens is 268 g/mol. The van der Waals surface area contributed by atoms with Crippen molar-refractivity contribution >= 4 is 17.7 Å². The van der Waals surface area contributed by atoms with Gasteiger partial charge in [-0.25, -0.2) is 0 Å². The number of likely N-dealkylation sites (N-methyl/N-ethyl adjacent to an activating group) is 1. The van der Waals surface area contributed by atoms with E-state index in [0.29, 0.717) is 5.25 Å². The van der Waals surface area contributed by atoms with Gasteiger partial charge >= 0.3 is 0 Å². The normalized spacial score (nSPS) is 25.9. The summed E-state index contributed by atoms with van der Waals surface area (Å²) in [6.07, 6.45) is 2.75. The van der Waals surface area contributed by atoms with Crippen molar-refractivity contribution < 1.29 is 4.79 Å². The molecular formula is C16H24N2OS. The summed E-state index contributed by atoms with van der Waals surface area (Å²) in [5, 5.41) is 3.65. The van der Waals surface area contributed by atoms with Crippen molar-refractivity contribution in [1.29, 1.82) is 0 Å². The summed E-state index contributed by atoms with van der Waals surface area (Å²) < 4.78 is 0. The molecule has 0 saturated heterocycles. The fourth-order valence-corrected chi connectivity index (χ4v) is 4.36. The molecule has 3 nitrogen and oxygen atoms in total. The lowest BCUT2D eigenvalue weighted by molar-refractivity contribution is -0.124. The molecule has 1 aromatic carbocycles. The van der Waals surface area contributed by atoms with Crippen LogP contribution in [0.1, 0.15) is 36.0 Å². The first-order valence-corrected chi connectivity index (χ1v) is 8.18. The number of amides is 1. The van der Waals surface area contributed by atoms with Crippen LogP contribution in [0.5, 0.6) is 0 Å². The third-order valence-electron chi connectivity index (χ3n) is 4.19. The number of nitrogens with two attached hydrogens (primary N) is 1.